The highest BCUT2D eigenvalue weighted by Crippen LogP contribution is 2.26. The predicted molar refractivity (Wildman–Crippen MR) is 112 cm³/mol. The molecular formula is C21H24N4O2S. The Morgan fingerprint density at radius 2 is 1.96 bits per heavy atom. The molecule has 146 valence electrons. The van der Waals surface area contributed by atoms with E-state index in [1.807, 2.05) is 60.4 Å². The van der Waals surface area contributed by atoms with Gasteiger partial charge in [-0.3, -0.25) is 9.36 Å². The highest BCUT2D eigenvalue weighted by atomic mass is 32.2. The van der Waals surface area contributed by atoms with Crippen LogP contribution in [0.1, 0.15) is 21.7 Å². The van der Waals surface area contributed by atoms with Gasteiger partial charge in [0.2, 0.25) is 0 Å². The Morgan fingerprint density at radius 3 is 2.54 bits per heavy atom. The summed E-state index contributed by atoms with van der Waals surface area (Å²) < 4.78 is 9.21. The first-order chi connectivity index (χ1) is 13.5. The SMILES string of the molecule is C=CCn1c(SCC(=O)c2cc(C)n(C)c2C)nnc1-c1ccc(OC)cc1. The Balaban J connectivity index is 1.82. The third-order valence-electron chi connectivity index (χ3n) is 4.78. The second-order valence-electron chi connectivity index (χ2n) is 6.49. The van der Waals surface area contributed by atoms with E-state index in [9.17, 15) is 4.79 Å². The summed E-state index contributed by atoms with van der Waals surface area (Å²) in [6, 6.07) is 9.60. The van der Waals surface area contributed by atoms with Gasteiger partial charge in [-0.25, -0.2) is 0 Å². The molecule has 0 bridgehead atoms. The van der Waals surface area contributed by atoms with Gasteiger partial charge in [0.05, 0.1) is 12.9 Å². The maximum atomic E-state index is 12.7. The fraction of sp³-hybridized carbons (Fsp3) is 0.286. The van der Waals surface area contributed by atoms with Crippen molar-refractivity contribution in [2.45, 2.75) is 25.5 Å². The lowest BCUT2D eigenvalue weighted by molar-refractivity contribution is 0.102. The van der Waals surface area contributed by atoms with Crippen molar-refractivity contribution in [3.05, 3.63) is 59.9 Å². The molecule has 0 unspecified atom stereocenters. The lowest BCUT2D eigenvalue weighted by Crippen LogP contribution is -2.06. The largest absolute Gasteiger partial charge is 0.497 e. The van der Waals surface area contributed by atoms with Crippen LogP contribution in [0.15, 0.2) is 48.1 Å². The molecule has 0 N–H and O–H groups in total. The maximum Gasteiger partial charge on any atom is 0.192 e. The lowest BCUT2D eigenvalue weighted by Gasteiger charge is -2.08. The van der Waals surface area contributed by atoms with Crippen LogP contribution in [-0.2, 0) is 13.6 Å². The Morgan fingerprint density at radius 1 is 1.25 bits per heavy atom. The first-order valence-electron chi connectivity index (χ1n) is 8.93. The number of Topliss-reactive ketones (excluding diaryl/α,β-unsaturated/α-hetero) is 1. The number of nitrogens with zero attached hydrogens (tertiary/aromatic N) is 4. The van der Waals surface area contributed by atoms with E-state index in [1.54, 1.807) is 13.2 Å². The average Bonchev–Trinajstić information content (AvgIpc) is 3.22. The molecule has 0 aliphatic rings. The number of ether oxygens (including phenoxy) is 1. The highest BCUT2D eigenvalue weighted by Gasteiger charge is 2.18. The van der Waals surface area contributed by atoms with Crippen LogP contribution in [0.25, 0.3) is 11.4 Å². The molecule has 0 spiro atoms. The number of carbonyl (C=O) groups is 1. The summed E-state index contributed by atoms with van der Waals surface area (Å²) in [5.74, 6) is 1.92. The Hall–Kier alpha value is -2.80. The molecular weight excluding hydrogens is 372 g/mol. The second kappa shape index (κ2) is 8.48. The molecule has 0 saturated heterocycles. The zero-order chi connectivity index (χ0) is 20.3. The van der Waals surface area contributed by atoms with Crippen molar-refractivity contribution in [2.75, 3.05) is 12.9 Å². The van der Waals surface area contributed by atoms with Gasteiger partial charge in [0.1, 0.15) is 5.75 Å². The van der Waals surface area contributed by atoms with Crippen LogP contribution in [0.2, 0.25) is 0 Å². The number of aromatic nitrogens is 4. The molecule has 0 fully saturated rings. The van der Waals surface area contributed by atoms with Crippen molar-refractivity contribution in [1.29, 1.82) is 0 Å². The zero-order valence-corrected chi connectivity index (χ0v) is 17.4. The minimum Gasteiger partial charge on any atom is -0.497 e. The van der Waals surface area contributed by atoms with Crippen LogP contribution in [0, 0.1) is 13.8 Å². The maximum absolute atomic E-state index is 12.7. The smallest absolute Gasteiger partial charge is 0.192 e. The first-order valence-corrected chi connectivity index (χ1v) is 9.92. The number of thioether (sulfide) groups is 1. The molecule has 28 heavy (non-hydrogen) atoms. The average molecular weight is 397 g/mol. The van der Waals surface area contributed by atoms with Gasteiger partial charge < -0.3 is 9.30 Å². The van der Waals surface area contributed by atoms with Gasteiger partial charge in [-0.05, 0) is 44.2 Å². The Bertz CT molecular complexity index is 1000. The molecule has 2 aromatic heterocycles. The molecule has 0 aliphatic heterocycles. The normalized spacial score (nSPS) is 10.9. The molecule has 1 aromatic carbocycles. The van der Waals surface area contributed by atoms with E-state index in [0.717, 1.165) is 34.1 Å². The number of allylic oxidation sites excluding steroid dienone is 1. The van der Waals surface area contributed by atoms with Gasteiger partial charge in [-0.2, -0.15) is 0 Å². The van der Waals surface area contributed by atoms with E-state index >= 15 is 0 Å². The number of carbonyl (C=O) groups excluding carboxylic acids is 1. The Kier molecular flexibility index (Phi) is 6.04. The molecule has 0 saturated carbocycles. The number of hydrogen-bond acceptors (Lipinski definition) is 5. The monoisotopic (exact) mass is 396 g/mol. The minimum atomic E-state index is 0.0883. The van der Waals surface area contributed by atoms with E-state index in [1.165, 1.54) is 11.8 Å². The van der Waals surface area contributed by atoms with Gasteiger partial charge in [0, 0.05) is 36.1 Å². The number of benzene rings is 1. The highest BCUT2D eigenvalue weighted by molar-refractivity contribution is 7.99. The number of ketones is 1. The fourth-order valence-corrected chi connectivity index (χ4v) is 3.82. The van der Waals surface area contributed by atoms with Gasteiger partial charge >= 0.3 is 0 Å². The molecule has 7 heteroatoms. The summed E-state index contributed by atoms with van der Waals surface area (Å²) >= 11 is 1.39. The molecule has 0 atom stereocenters. The van der Waals surface area contributed by atoms with Crippen LogP contribution >= 0.6 is 11.8 Å². The fourth-order valence-electron chi connectivity index (χ4n) is 2.99. The van der Waals surface area contributed by atoms with E-state index in [4.69, 9.17) is 4.74 Å². The third-order valence-corrected chi connectivity index (χ3v) is 5.75. The quantitative estimate of drug-likeness (QED) is 0.326. The number of hydrogen-bond donors (Lipinski definition) is 0. The first kappa shape index (κ1) is 19.9. The summed E-state index contributed by atoms with van der Waals surface area (Å²) in [4.78, 5) is 12.7. The summed E-state index contributed by atoms with van der Waals surface area (Å²) in [6.07, 6.45) is 1.80. The van der Waals surface area contributed by atoms with E-state index < -0.39 is 0 Å². The molecule has 3 rings (SSSR count). The molecule has 6 nitrogen and oxygen atoms in total. The van der Waals surface area contributed by atoms with Crippen LogP contribution in [-0.4, -0.2) is 38.0 Å². The number of rotatable bonds is 8. The number of methoxy groups -OCH3 is 1. The Labute approximate surface area is 169 Å². The molecule has 0 radical (unpaired) electrons. The molecule has 0 aliphatic carbocycles. The van der Waals surface area contributed by atoms with E-state index in [-0.39, 0.29) is 5.78 Å². The second-order valence-corrected chi connectivity index (χ2v) is 7.43. The van der Waals surface area contributed by atoms with Crippen molar-refractivity contribution < 1.29 is 9.53 Å². The van der Waals surface area contributed by atoms with Gasteiger partial charge in [0.25, 0.3) is 0 Å². The molecule has 3 aromatic rings. The van der Waals surface area contributed by atoms with Crippen LogP contribution in [0.4, 0.5) is 0 Å². The summed E-state index contributed by atoms with van der Waals surface area (Å²) in [6.45, 7) is 8.36. The molecule has 2 heterocycles. The van der Waals surface area contributed by atoms with Crippen molar-refractivity contribution in [1.82, 2.24) is 19.3 Å². The van der Waals surface area contributed by atoms with Crippen LogP contribution in [0.5, 0.6) is 5.75 Å². The summed E-state index contributed by atoms with van der Waals surface area (Å²) in [5, 5.41) is 9.34. The van der Waals surface area contributed by atoms with Gasteiger partial charge in [0.15, 0.2) is 16.8 Å². The topological polar surface area (TPSA) is 61.9 Å². The lowest BCUT2D eigenvalue weighted by atomic mass is 10.2. The van der Waals surface area contributed by atoms with Crippen LogP contribution in [0.3, 0.4) is 0 Å². The summed E-state index contributed by atoms with van der Waals surface area (Å²) in [5.41, 5.74) is 3.75. The summed E-state index contributed by atoms with van der Waals surface area (Å²) in [7, 11) is 3.60. The third kappa shape index (κ3) is 3.89. The number of aryl methyl sites for hydroxylation is 1. The van der Waals surface area contributed by atoms with Crippen molar-refractivity contribution >= 4 is 17.5 Å². The van der Waals surface area contributed by atoms with E-state index in [0.29, 0.717) is 17.5 Å². The molecule has 0 amide bonds. The predicted octanol–water partition coefficient (Wildman–Crippen LogP) is 4.07. The zero-order valence-electron chi connectivity index (χ0n) is 16.6. The minimum absolute atomic E-state index is 0.0883. The standard InChI is InChI=1S/C21H24N4O2S/c1-6-11-25-20(16-7-9-17(27-5)10-8-16)22-23-21(25)28-13-19(26)18-12-14(2)24(4)15(18)3/h6-10,12H,1,11,13H2,2-5H3. The van der Waals surface area contributed by atoms with Crippen molar-refractivity contribution in [2.24, 2.45) is 7.05 Å². The van der Waals surface area contributed by atoms with Gasteiger partial charge in [-0.1, -0.05) is 17.8 Å². The van der Waals surface area contributed by atoms with Crippen molar-refractivity contribution in [3.63, 3.8) is 0 Å². The van der Waals surface area contributed by atoms with Gasteiger partial charge in [-0.15, -0.1) is 16.8 Å². The van der Waals surface area contributed by atoms with Crippen LogP contribution < -0.4 is 4.74 Å². The van der Waals surface area contributed by atoms with Crippen molar-refractivity contribution in [3.8, 4) is 17.1 Å². The van der Waals surface area contributed by atoms with E-state index in [2.05, 4.69) is 16.8 Å².